The van der Waals surface area contributed by atoms with Crippen molar-refractivity contribution in [1.29, 1.82) is 0 Å². The van der Waals surface area contributed by atoms with Crippen LogP contribution in [-0.2, 0) is 0 Å². The summed E-state index contributed by atoms with van der Waals surface area (Å²) in [6.45, 7) is 2.16. The monoisotopic (exact) mass is 407 g/mol. The number of rotatable bonds is 2. The average Bonchev–Trinajstić information content (AvgIpc) is 3.34. The Kier molecular flexibility index (Phi) is 3.54. The van der Waals surface area contributed by atoms with Crippen LogP contribution in [0.1, 0.15) is 5.56 Å². The van der Waals surface area contributed by atoms with E-state index in [1.807, 2.05) is 0 Å². The Bertz CT molecular complexity index is 1660. The third kappa shape index (κ3) is 2.34. The van der Waals surface area contributed by atoms with E-state index in [0.29, 0.717) is 0 Å². The van der Waals surface area contributed by atoms with Gasteiger partial charge in [0.15, 0.2) is 0 Å². The lowest BCUT2D eigenvalue weighted by Gasteiger charge is -2.12. The standard InChI is InChI=1S/C31H21N/c1-20-8-5-11-22(18-20)23-16-17-28-27(19-23)30-25-14-6-9-21-10-7-15-26(29(21)25)31(30)32(28)24-12-3-2-4-13-24/h2-19H,1H3. The highest BCUT2D eigenvalue weighted by Crippen LogP contribution is 2.52. The number of hydrogen-bond donors (Lipinski definition) is 0. The van der Waals surface area contributed by atoms with E-state index in [1.54, 1.807) is 0 Å². The Labute approximate surface area is 187 Å². The molecule has 0 fully saturated rings. The van der Waals surface area contributed by atoms with Gasteiger partial charge in [-0.25, -0.2) is 0 Å². The molecule has 0 bridgehead atoms. The molecule has 150 valence electrons. The predicted octanol–water partition coefficient (Wildman–Crippen LogP) is 8.41. The molecule has 0 aliphatic heterocycles. The molecule has 1 heterocycles. The first kappa shape index (κ1) is 17.6. The number of benzene rings is 5. The molecule has 0 saturated carbocycles. The summed E-state index contributed by atoms with van der Waals surface area (Å²) in [4.78, 5) is 0. The highest BCUT2D eigenvalue weighted by Gasteiger charge is 2.29. The van der Waals surface area contributed by atoms with Crippen LogP contribution < -0.4 is 0 Å². The van der Waals surface area contributed by atoms with Crippen LogP contribution in [0.25, 0.3) is 60.9 Å². The molecule has 0 radical (unpaired) electrons. The maximum Gasteiger partial charge on any atom is 0.0626 e. The molecule has 5 aromatic carbocycles. The third-order valence-corrected chi connectivity index (χ3v) is 6.76. The number of aryl methyl sites for hydroxylation is 1. The van der Waals surface area contributed by atoms with E-state index in [-0.39, 0.29) is 0 Å². The van der Waals surface area contributed by atoms with Gasteiger partial charge in [-0.1, -0.05) is 90.5 Å². The predicted molar refractivity (Wildman–Crippen MR) is 135 cm³/mol. The van der Waals surface area contributed by atoms with Gasteiger partial charge in [0.25, 0.3) is 0 Å². The van der Waals surface area contributed by atoms with Gasteiger partial charge < -0.3 is 4.57 Å². The first-order valence-electron chi connectivity index (χ1n) is 11.1. The van der Waals surface area contributed by atoms with E-state index in [4.69, 9.17) is 0 Å². The molecule has 0 N–H and O–H groups in total. The van der Waals surface area contributed by atoms with Crippen LogP contribution in [0.2, 0.25) is 0 Å². The summed E-state index contributed by atoms with van der Waals surface area (Å²) in [5.41, 5.74) is 11.6. The number of fused-ring (bicyclic) bond motifs is 5. The molecule has 1 heteroatoms. The molecular formula is C31H21N. The van der Waals surface area contributed by atoms with Crippen LogP contribution in [0.3, 0.4) is 0 Å². The molecule has 32 heavy (non-hydrogen) atoms. The van der Waals surface area contributed by atoms with E-state index in [0.717, 1.165) is 0 Å². The SMILES string of the molecule is Cc1cccc(-c2ccc3c(c2)c2c(n3-c3ccccc3)-c3cccc4cccc-2c34)c1. The summed E-state index contributed by atoms with van der Waals surface area (Å²) in [6.07, 6.45) is 0. The van der Waals surface area contributed by atoms with E-state index in [9.17, 15) is 0 Å². The number of hydrogen-bond acceptors (Lipinski definition) is 0. The zero-order valence-corrected chi connectivity index (χ0v) is 17.8. The van der Waals surface area contributed by atoms with Gasteiger partial charge in [0.05, 0.1) is 11.2 Å². The fourth-order valence-corrected chi connectivity index (χ4v) is 5.41. The van der Waals surface area contributed by atoms with Gasteiger partial charge in [-0.2, -0.15) is 0 Å². The molecule has 1 aliphatic rings. The highest BCUT2D eigenvalue weighted by atomic mass is 15.0. The minimum Gasteiger partial charge on any atom is -0.309 e. The molecule has 1 aromatic heterocycles. The number of nitrogens with zero attached hydrogens (tertiary/aromatic N) is 1. The Morgan fingerprint density at radius 1 is 0.594 bits per heavy atom. The van der Waals surface area contributed by atoms with Crippen LogP contribution in [0.5, 0.6) is 0 Å². The maximum atomic E-state index is 2.44. The maximum absolute atomic E-state index is 2.44. The fourth-order valence-electron chi connectivity index (χ4n) is 5.41. The average molecular weight is 408 g/mol. The van der Waals surface area contributed by atoms with E-state index in [1.165, 1.54) is 66.4 Å². The Hall–Kier alpha value is -4.10. The summed E-state index contributed by atoms with van der Waals surface area (Å²) in [5.74, 6) is 0. The van der Waals surface area contributed by atoms with Crippen molar-refractivity contribution in [2.75, 3.05) is 0 Å². The lowest BCUT2D eigenvalue weighted by molar-refractivity contribution is 1.14. The van der Waals surface area contributed by atoms with Crippen LogP contribution >= 0.6 is 0 Å². The summed E-state index contributed by atoms with van der Waals surface area (Å²) < 4.78 is 2.44. The third-order valence-electron chi connectivity index (χ3n) is 6.76. The van der Waals surface area contributed by atoms with Gasteiger partial charge in [-0.15, -0.1) is 0 Å². The molecule has 0 amide bonds. The van der Waals surface area contributed by atoms with E-state index in [2.05, 4.69) is 121 Å². The second kappa shape index (κ2) is 6.45. The zero-order chi connectivity index (χ0) is 21.2. The van der Waals surface area contributed by atoms with Crippen LogP contribution in [-0.4, -0.2) is 4.57 Å². The quantitative estimate of drug-likeness (QED) is 0.271. The molecule has 1 aliphatic carbocycles. The van der Waals surface area contributed by atoms with Crippen molar-refractivity contribution >= 4 is 21.7 Å². The van der Waals surface area contributed by atoms with Crippen molar-refractivity contribution in [1.82, 2.24) is 4.57 Å². The summed E-state index contributed by atoms with van der Waals surface area (Å²) >= 11 is 0. The van der Waals surface area contributed by atoms with Crippen LogP contribution in [0.4, 0.5) is 0 Å². The van der Waals surface area contributed by atoms with Crippen molar-refractivity contribution in [3.8, 4) is 39.2 Å². The second-order valence-corrected chi connectivity index (χ2v) is 8.71. The topological polar surface area (TPSA) is 4.93 Å². The minimum absolute atomic E-state index is 1.20. The van der Waals surface area contributed by atoms with Crippen molar-refractivity contribution < 1.29 is 0 Å². The fraction of sp³-hybridized carbons (Fsp3) is 0.0323. The van der Waals surface area contributed by atoms with Gasteiger partial charge in [0.2, 0.25) is 0 Å². The van der Waals surface area contributed by atoms with E-state index < -0.39 is 0 Å². The first-order chi connectivity index (χ1) is 15.8. The van der Waals surface area contributed by atoms with Crippen molar-refractivity contribution in [3.63, 3.8) is 0 Å². The summed E-state index contributed by atoms with van der Waals surface area (Å²) in [7, 11) is 0. The van der Waals surface area contributed by atoms with E-state index >= 15 is 0 Å². The second-order valence-electron chi connectivity index (χ2n) is 8.71. The lowest BCUT2D eigenvalue weighted by atomic mass is 9.98. The lowest BCUT2D eigenvalue weighted by Crippen LogP contribution is -1.96. The van der Waals surface area contributed by atoms with Gasteiger partial charge in [0, 0.05) is 22.2 Å². The molecule has 0 spiro atoms. The van der Waals surface area contributed by atoms with Crippen LogP contribution in [0, 0.1) is 6.92 Å². The van der Waals surface area contributed by atoms with Crippen LogP contribution in [0.15, 0.2) is 109 Å². The van der Waals surface area contributed by atoms with Gasteiger partial charge in [0.1, 0.15) is 0 Å². The molecule has 0 atom stereocenters. The number of aromatic nitrogens is 1. The van der Waals surface area contributed by atoms with Gasteiger partial charge in [-0.05, 0) is 58.7 Å². The van der Waals surface area contributed by atoms with Crippen molar-refractivity contribution in [3.05, 3.63) is 115 Å². The van der Waals surface area contributed by atoms with Gasteiger partial charge >= 0.3 is 0 Å². The Morgan fingerprint density at radius 3 is 2.16 bits per heavy atom. The molecule has 6 aromatic rings. The normalized spacial score (nSPS) is 11.9. The summed E-state index contributed by atoms with van der Waals surface area (Å²) in [6, 6.07) is 39.8. The highest BCUT2D eigenvalue weighted by molar-refractivity contribution is 6.22. The zero-order valence-electron chi connectivity index (χ0n) is 17.8. The Balaban J connectivity index is 1.63. The summed E-state index contributed by atoms with van der Waals surface area (Å²) in [5, 5.41) is 3.98. The minimum atomic E-state index is 1.20. The number of para-hydroxylation sites is 1. The van der Waals surface area contributed by atoms with Crippen molar-refractivity contribution in [2.45, 2.75) is 6.92 Å². The largest absolute Gasteiger partial charge is 0.309 e. The Morgan fingerprint density at radius 2 is 1.34 bits per heavy atom. The molecule has 7 rings (SSSR count). The molecule has 0 unspecified atom stereocenters. The van der Waals surface area contributed by atoms with Crippen molar-refractivity contribution in [2.24, 2.45) is 0 Å². The smallest absolute Gasteiger partial charge is 0.0626 e. The molecule has 1 nitrogen and oxygen atoms in total. The first-order valence-corrected chi connectivity index (χ1v) is 11.1. The molecule has 0 saturated heterocycles. The van der Waals surface area contributed by atoms with Gasteiger partial charge in [-0.3, -0.25) is 0 Å². The molecular weight excluding hydrogens is 386 g/mol.